The van der Waals surface area contributed by atoms with E-state index in [-0.39, 0.29) is 18.1 Å². The van der Waals surface area contributed by atoms with Gasteiger partial charge in [0.2, 0.25) is 5.91 Å². The maximum atomic E-state index is 12.2. The number of hydrogen-bond acceptors (Lipinski definition) is 5. The van der Waals surface area contributed by atoms with E-state index in [4.69, 9.17) is 9.47 Å². The second-order valence-corrected chi connectivity index (χ2v) is 6.72. The Hall–Kier alpha value is -2.12. The normalized spacial score (nSPS) is 21.3. The average Bonchev–Trinajstić information content (AvgIpc) is 2.64. The fraction of sp³-hybridized carbons (Fsp3) is 0.579. The minimum absolute atomic E-state index is 0.0399. The number of rotatable bonds is 7. The second kappa shape index (κ2) is 9.54. The summed E-state index contributed by atoms with van der Waals surface area (Å²) in [5.41, 5.74) is 1.27. The Morgan fingerprint density at radius 2 is 2.04 bits per heavy atom. The van der Waals surface area contributed by atoms with E-state index in [0.717, 1.165) is 26.1 Å². The van der Waals surface area contributed by atoms with Crippen molar-refractivity contribution >= 4 is 12.0 Å². The summed E-state index contributed by atoms with van der Waals surface area (Å²) in [5, 5.41) is 2.88. The van der Waals surface area contributed by atoms with Gasteiger partial charge < -0.3 is 19.7 Å². The molecule has 1 N–H and O–H groups in total. The first-order valence-electron chi connectivity index (χ1n) is 9.27. The molecule has 1 aromatic carbocycles. The molecule has 2 aliphatic rings. The quantitative estimate of drug-likeness (QED) is 0.791. The van der Waals surface area contributed by atoms with Crippen LogP contribution in [0.1, 0.15) is 18.4 Å². The van der Waals surface area contributed by atoms with Gasteiger partial charge >= 0.3 is 6.09 Å². The van der Waals surface area contributed by atoms with E-state index in [0.29, 0.717) is 39.3 Å². The molecule has 7 nitrogen and oxygen atoms in total. The standard InChI is InChI=1S/C19H27N3O4/c23-18(20-7-9-22-8-4-11-26-19(22)24)13-17-15-21(10-12-25-17)14-16-5-2-1-3-6-16/h1-3,5-6,17H,4,7-15H2,(H,20,23)/t17-/m0/s1. The fourth-order valence-electron chi connectivity index (χ4n) is 3.30. The number of nitrogens with zero attached hydrogens (tertiary/aromatic N) is 2. The highest BCUT2D eigenvalue weighted by Gasteiger charge is 2.23. The first kappa shape index (κ1) is 18.7. The molecule has 2 heterocycles. The number of benzene rings is 1. The summed E-state index contributed by atoms with van der Waals surface area (Å²) in [5.74, 6) is -0.0399. The van der Waals surface area contributed by atoms with E-state index in [2.05, 4.69) is 22.3 Å². The monoisotopic (exact) mass is 361 g/mol. The number of nitrogens with one attached hydrogen (secondary N) is 1. The van der Waals surface area contributed by atoms with Crippen molar-refractivity contribution in [2.45, 2.75) is 25.5 Å². The van der Waals surface area contributed by atoms with E-state index < -0.39 is 0 Å². The third-order valence-electron chi connectivity index (χ3n) is 4.64. The molecule has 0 aromatic heterocycles. The molecule has 0 saturated carbocycles. The summed E-state index contributed by atoms with van der Waals surface area (Å²) in [6.07, 6.45) is 0.799. The molecule has 2 saturated heterocycles. The van der Waals surface area contributed by atoms with Gasteiger partial charge in [0.15, 0.2) is 0 Å². The topological polar surface area (TPSA) is 71.1 Å². The fourth-order valence-corrected chi connectivity index (χ4v) is 3.30. The molecule has 0 spiro atoms. The second-order valence-electron chi connectivity index (χ2n) is 6.72. The van der Waals surface area contributed by atoms with Crippen molar-refractivity contribution < 1.29 is 19.1 Å². The number of hydrogen-bond donors (Lipinski definition) is 1. The number of amides is 2. The van der Waals surface area contributed by atoms with Gasteiger partial charge in [-0.2, -0.15) is 0 Å². The molecule has 1 atom stereocenters. The van der Waals surface area contributed by atoms with Crippen LogP contribution in [0, 0.1) is 0 Å². The van der Waals surface area contributed by atoms with Crippen LogP contribution in [0.25, 0.3) is 0 Å². The van der Waals surface area contributed by atoms with Crippen molar-refractivity contribution in [2.75, 3.05) is 45.9 Å². The van der Waals surface area contributed by atoms with Gasteiger partial charge in [-0.3, -0.25) is 9.69 Å². The summed E-state index contributed by atoms with van der Waals surface area (Å²) in [7, 11) is 0. The number of carbonyl (C=O) groups is 2. The van der Waals surface area contributed by atoms with Crippen molar-refractivity contribution in [3.63, 3.8) is 0 Å². The van der Waals surface area contributed by atoms with Gasteiger partial charge in [0.1, 0.15) is 0 Å². The summed E-state index contributed by atoms with van der Waals surface area (Å²) < 4.78 is 10.7. The summed E-state index contributed by atoms with van der Waals surface area (Å²) >= 11 is 0. The van der Waals surface area contributed by atoms with Gasteiger partial charge in [-0.15, -0.1) is 0 Å². The zero-order valence-electron chi connectivity index (χ0n) is 15.1. The smallest absolute Gasteiger partial charge is 0.409 e. The third kappa shape index (κ3) is 5.71. The summed E-state index contributed by atoms with van der Waals surface area (Å²) in [6.45, 7) is 5.24. The molecule has 142 valence electrons. The van der Waals surface area contributed by atoms with E-state index in [1.165, 1.54) is 5.56 Å². The maximum Gasteiger partial charge on any atom is 0.409 e. The Morgan fingerprint density at radius 1 is 1.19 bits per heavy atom. The van der Waals surface area contributed by atoms with Crippen LogP contribution in [-0.4, -0.2) is 73.8 Å². The van der Waals surface area contributed by atoms with Gasteiger partial charge in [-0.25, -0.2) is 4.79 Å². The Labute approximate surface area is 154 Å². The largest absolute Gasteiger partial charge is 0.449 e. The SMILES string of the molecule is O=C(C[C@H]1CN(Cc2ccccc2)CCO1)NCCN1CCCOC1=O. The lowest BCUT2D eigenvalue weighted by Gasteiger charge is -2.32. The minimum atomic E-state index is -0.294. The Balaban J connectivity index is 1.36. The number of morpholine rings is 1. The van der Waals surface area contributed by atoms with Crippen LogP contribution in [0.4, 0.5) is 4.79 Å². The highest BCUT2D eigenvalue weighted by atomic mass is 16.6. The molecule has 1 aromatic rings. The van der Waals surface area contributed by atoms with Crippen LogP contribution >= 0.6 is 0 Å². The summed E-state index contributed by atoms with van der Waals surface area (Å²) in [4.78, 5) is 27.6. The predicted molar refractivity (Wildman–Crippen MR) is 96.6 cm³/mol. The van der Waals surface area contributed by atoms with Gasteiger partial charge in [0.25, 0.3) is 0 Å². The molecule has 26 heavy (non-hydrogen) atoms. The molecule has 0 radical (unpaired) electrons. The molecular weight excluding hydrogens is 334 g/mol. The Kier molecular flexibility index (Phi) is 6.85. The molecule has 3 rings (SSSR count). The Morgan fingerprint density at radius 3 is 2.85 bits per heavy atom. The van der Waals surface area contributed by atoms with Gasteiger partial charge in [-0.05, 0) is 12.0 Å². The molecule has 0 bridgehead atoms. The van der Waals surface area contributed by atoms with E-state index in [9.17, 15) is 9.59 Å². The first-order chi connectivity index (χ1) is 12.7. The van der Waals surface area contributed by atoms with E-state index in [1.807, 2.05) is 18.2 Å². The first-order valence-corrected chi connectivity index (χ1v) is 9.27. The molecule has 2 aliphatic heterocycles. The lowest BCUT2D eigenvalue weighted by Crippen LogP contribution is -2.45. The molecule has 2 amide bonds. The molecule has 0 aliphatic carbocycles. The van der Waals surface area contributed by atoms with Crippen molar-refractivity contribution in [2.24, 2.45) is 0 Å². The number of carbonyl (C=O) groups excluding carboxylic acids is 2. The lowest BCUT2D eigenvalue weighted by molar-refractivity contribution is -0.126. The van der Waals surface area contributed by atoms with Crippen molar-refractivity contribution in [1.82, 2.24) is 15.1 Å². The highest BCUT2D eigenvalue weighted by molar-refractivity contribution is 5.76. The van der Waals surface area contributed by atoms with Crippen molar-refractivity contribution in [3.8, 4) is 0 Å². The van der Waals surface area contributed by atoms with Gasteiger partial charge in [0.05, 0.1) is 25.7 Å². The zero-order valence-corrected chi connectivity index (χ0v) is 15.1. The van der Waals surface area contributed by atoms with Crippen LogP contribution in [0.2, 0.25) is 0 Å². The van der Waals surface area contributed by atoms with Crippen molar-refractivity contribution in [3.05, 3.63) is 35.9 Å². The molecule has 0 unspecified atom stereocenters. The Bertz CT molecular complexity index is 596. The predicted octanol–water partition coefficient (Wildman–Crippen LogP) is 1.24. The molecule has 7 heteroatoms. The lowest BCUT2D eigenvalue weighted by atomic mass is 10.1. The number of ether oxygens (including phenoxy) is 2. The van der Waals surface area contributed by atoms with Crippen LogP contribution in [0.3, 0.4) is 0 Å². The van der Waals surface area contributed by atoms with Crippen LogP contribution in [-0.2, 0) is 20.8 Å². The summed E-state index contributed by atoms with van der Waals surface area (Å²) in [6, 6.07) is 10.3. The highest BCUT2D eigenvalue weighted by Crippen LogP contribution is 2.12. The maximum absolute atomic E-state index is 12.2. The van der Waals surface area contributed by atoms with Gasteiger partial charge in [0, 0.05) is 39.3 Å². The zero-order chi connectivity index (χ0) is 18.2. The third-order valence-corrected chi connectivity index (χ3v) is 4.64. The molecule has 2 fully saturated rings. The minimum Gasteiger partial charge on any atom is -0.449 e. The van der Waals surface area contributed by atoms with Gasteiger partial charge in [-0.1, -0.05) is 30.3 Å². The average molecular weight is 361 g/mol. The van der Waals surface area contributed by atoms with Crippen LogP contribution in [0.5, 0.6) is 0 Å². The van der Waals surface area contributed by atoms with E-state index in [1.54, 1.807) is 4.90 Å². The van der Waals surface area contributed by atoms with E-state index >= 15 is 0 Å². The molecular formula is C19H27N3O4. The van der Waals surface area contributed by atoms with Crippen LogP contribution < -0.4 is 5.32 Å². The van der Waals surface area contributed by atoms with Crippen molar-refractivity contribution in [1.29, 1.82) is 0 Å². The van der Waals surface area contributed by atoms with Crippen LogP contribution in [0.15, 0.2) is 30.3 Å². The number of cyclic esters (lactones) is 1.